The number of carbonyl (C=O) groups is 1. The molecule has 1 aromatic heterocycles. The third-order valence-corrected chi connectivity index (χ3v) is 3.53. The van der Waals surface area contributed by atoms with Gasteiger partial charge in [0.05, 0.1) is 6.20 Å². The normalized spacial score (nSPS) is 29.4. The second-order valence-corrected chi connectivity index (χ2v) is 4.67. The molecule has 78 valence electrons. The van der Waals surface area contributed by atoms with Gasteiger partial charge in [-0.15, -0.1) is 0 Å². The molecule has 2 aliphatic carbocycles. The van der Waals surface area contributed by atoms with Crippen LogP contribution in [0, 0.1) is 11.8 Å². The summed E-state index contributed by atoms with van der Waals surface area (Å²) >= 11 is 0. The molecule has 0 aromatic carbocycles. The zero-order chi connectivity index (χ0) is 10.4. The minimum absolute atomic E-state index is 0.437. The highest BCUT2D eigenvalue weighted by molar-refractivity contribution is 5.84. The van der Waals surface area contributed by atoms with Gasteiger partial charge in [-0.1, -0.05) is 6.08 Å². The summed E-state index contributed by atoms with van der Waals surface area (Å²) < 4.78 is 1.83. The molecule has 0 aliphatic heterocycles. The molecule has 0 spiro atoms. The molecule has 3 rings (SSSR count). The Morgan fingerprint density at radius 2 is 2.27 bits per heavy atom. The third-order valence-electron chi connectivity index (χ3n) is 3.53. The molecule has 0 N–H and O–H groups in total. The van der Waals surface area contributed by atoms with Crippen molar-refractivity contribution in [2.45, 2.75) is 19.3 Å². The molecule has 1 aromatic rings. The van der Waals surface area contributed by atoms with Gasteiger partial charge in [-0.25, -0.2) is 0 Å². The molecule has 2 unspecified atom stereocenters. The maximum Gasteiger partial charge on any atom is 0.133 e. The van der Waals surface area contributed by atoms with E-state index in [0.717, 1.165) is 19.3 Å². The van der Waals surface area contributed by atoms with Crippen molar-refractivity contribution in [3.05, 3.63) is 24.0 Å². The molecule has 0 radical (unpaired) electrons. The zero-order valence-electron chi connectivity index (χ0n) is 8.81. The van der Waals surface area contributed by atoms with Crippen LogP contribution in [0.5, 0.6) is 0 Å². The average Bonchev–Trinajstić information content (AvgIpc) is 2.78. The second-order valence-electron chi connectivity index (χ2n) is 4.67. The Bertz CT molecular complexity index is 444. The van der Waals surface area contributed by atoms with Gasteiger partial charge >= 0.3 is 0 Å². The molecule has 3 nitrogen and oxygen atoms in total. The Morgan fingerprint density at radius 1 is 1.40 bits per heavy atom. The van der Waals surface area contributed by atoms with Gasteiger partial charge in [-0.3, -0.25) is 9.48 Å². The molecule has 15 heavy (non-hydrogen) atoms. The van der Waals surface area contributed by atoms with Gasteiger partial charge in [0.1, 0.15) is 5.78 Å². The molecule has 0 amide bonds. The highest BCUT2D eigenvalue weighted by Gasteiger charge is 2.36. The molecule has 3 heteroatoms. The molecule has 0 saturated heterocycles. The monoisotopic (exact) mass is 202 g/mol. The van der Waals surface area contributed by atoms with Crippen molar-refractivity contribution >= 4 is 11.4 Å². The standard InChI is InChI=1S/C12H14N2O/c1-14-7-11(6-13-14)8-2-9-4-12(15)5-10(9)3-8/h2,6-7,9-10H,3-5H2,1H3. The van der Waals surface area contributed by atoms with Crippen LogP contribution in [0.3, 0.4) is 0 Å². The number of rotatable bonds is 1. The van der Waals surface area contributed by atoms with Crippen LogP contribution in [0.25, 0.3) is 5.57 Å². The van der Waals surface area contributed by atoms with Crippen molar-refractivity contribution in [2.75, 3.05) is 0 Å². The summed E-state index contributed by atoms with van der Waals surface area (Å²) in [4.78, 5) is 11.3. The number of aromatic nitrogens is 2. The molecular formula is C12H14N2O. The predicted octanol–water partition coefficient (Wildman–Crippen LogP) is 1.80. The van der Waals surface area contributed by atoms with Crippen molar-refractivity contribution in [1.82, 2.24) is 9.78 Å². The summed E-state index contributed by atoms with van der Waals surface area (Å²) in [5.74, 6) is 1.52. The van der Waals surface area contributed by atoms with E-state index in [4.69, 9.17) is 0 Å². The van der Waals surface area contributed by atoms with E-state index in [2.05, 4.69) is 17.4 Å². The van der Waals surface area contributed by atoms with Gasteiger partial charge in [0, 0.05) is 31.6 Å². The van der Waals surface area contributed by atoms with Gasteiger partial charge in [0.25, 0.3) is 0 Å². The number of hydrogen-bond acceptors (Lipinski definition) is 2. The van der Waals surface area contributed by atoms with Crippen molar-refractivity contribution in [2.24, 2.45) is 18.9 Å². The minimum Gasteiger partial charge on any atom is -0.300 e. The Kier molecular flexibility index (Phi) is 1.81. The average molecular weight is 202 g/mol. The first-order chi connectivity index (χ1) is 7.22. The van der Waals surface area contributed by atoms with E-state index in [1.165, 1.54) is 11.1 Å². The van der Waals surface area contributed by atoms with E-state index in [1.807, 2.05) is 17.9 Å². The first kappa shape index (κ1) is 8.89. The van der Waals surface area contributed by atoms with Crippen LogP contribution >= 0.6 is 0 Å². The molecule has 2 aliphatic rings. The van der Waals surface area contributed by atoms with Crippen LogP contribution < -0.4 is 0 Å². The fraction of sp³-hybridized carbons (Fsp3) is 0.500. The Morgan fingerprint density at radius 3 is 2.93 bits per heavy atom. The van der Waals surface area contributed by atoms with Crippen molar-refractivity contribution in [3.8, 4) is 0 Å². The van der Waals surface area contributed by atoms with E-state index in [9.17, 15) is 4.79 Å². The smallest absolute Gasteiger partial charge is 0.133 e. The summed E-state index contributed by atoms with van der Waals surface area (Å²) in [7, 11) is 1.93. The first-order valence-electron chi connectivity index (χ1n) is 5.44. The molecular weight excluding hydrogens is 188 g/mol. The number of nitrogens with zero attached hydrogens (tertiary/aromatic N) is 2. The molecule has 2 atom stereocenters. The van der Waals surface area contributed by atoms with Crippen LogP contribution in [-0.4, -0.2) is 15.6 Å². The lowest BCUT2D eigenvalue weighted by Crippen LogP contribution is -1.97. The summed E-state index contributed by atoms with van der Waals surface area (Å²) in [6, 6.07) is 0. The van der Waals surface area contributed by atoms with Crippen molar-refractivity contribution in [3.63, 3.8) is 0 Å². The quantitative estimate of drug-likeness (QED) is 0.696. The number of aryl methyl sites for hydroxylation is 1. The van der Waals surface area contributed by atoms with E-state index in [0.29, 0.717) is 17.6 Å². The summed E-state index contributed by atoms with van der Waals surface area (Å²) in [5.41, 5.74) is 2.60. The number of allylic oxidation sites excluding steroid dienone is 2. The van der Waals surface area contributed by atoms with Gasteiger partial charge in [-0.2, -0.15) is 5.10 Å². The predicted molar refractivity (Wildman–Crippen MR) is 57.0 cm³/mol. The van der Waals surface area contributed by atoms with Gasteiger partial charge < -0.3 is 0 Å². The number of Topliss-reactive ketones (excluding diaryl/α,β-unsaturated/α-hetero) is 1. The number of carbonyl (C=O) groups excluding carboxylic acids is 1. The van der Waals surface area contributed by atoms with Crippen molar-refractivity contribution in [1.29, 1.82) is 0 Å². The molecule has 1 fully saturated rings. The van der Waals surface area contributed by atoms with Crippen LogP contribution in [0.1, 0.15) is 24.8 Å². The SMILES string of the molecule is Cn1cc(C2=CC3CC(=O)CC3C2)cn1. The molecule has 0 bridgehead atoms. The van der Waals surface area contributed by atoms with E-state index in [1.54, 1.807) is 0 Å². The lowest BCUT2D eigenvalue weighted by Gasteiger charge is -2.04. The highest BCUT2D eigenvalue weighted by Crippen LogP contribution is 2.44. The van der Waals surface area contributed by atoms with Gasteiger partial charge in [0.15, 0.2) is 0 Å². The lowest BCUT2D eigenvalue weighted by molar-refractivity contribution is -0.117. The van der Waals surface area contributed by atoms with Crippen LogP contribution in [0.15, 0.2) is 18.5 Å². The maximum absolute atomic E-state index is 11.3. The Hall–Kier alpha value is -1.38. The van der Waals surface area contributed by atoms with E-state index in [-0.39, 0.29) is 0 Å². The van der Waals surface area contributed by atoms with Crippen LogP contribution in [0.2, 0.25) is 0 Å². The third kappa shape index (κ3) is 1.42. The zero-order valence-corrected chi connectivity index (χ0v) is 8.81. The number of hydrogen-bond donors (Lipinski definition) is 0. The van der Waals surface area contributed by atoms with Gasteiger partial charge in [0.2, 0.25) is 0 Å². The lowest BCUT2D eigenvalue weighted by atomic mass is 9.99. The fourth-order valence-corrected chi connectivity index (χ4v) is 2.79. The largest absolute Gasteiger partial charge is 0.300 e. The van der Waals surface area contributed by atoms with Crippen LogP contribution in [0.4, 0.5) is 0 Å². The topological polar surface area (TPSA) is 34.9 Å². The summed E-state index contributed by atoms with van der Waals surface area (Å²) in [6.45, 7) is 0. The van der Waals surface area contributed by atoms with Gasteiger partial charge in [-0.05, 0) is 23.8 Å². The van der Waals surface area contributed by atoms with Crippen molar-refractivity contribution < 1.29 is 4.79 Å². The first-order valence-corrected chi connectivity index (χ1v) is 5.44. The highest BCUT2D eigenvalue weighted by atomic mass is 16.1. The maximum atomic E-state index is 11.3. The summed E-state index contributed by atoms with van der Waals surface area (Å²) in [6.07, 6.45) is 8.84. The second kappa shape index (κ2) is 3.05. The minimum atomic E-state index is 0.437. The molecule has 1 heterocycles. The Balaban J connectivity index is 1.86. The number of fused-ring (bicyclic) bond motifs is 1. The van der Waals surface area contributed by atoms with E-state index < -0.39 is 0 Å². The van der Waals surface area contributed by atoms with E-state index >= 15 is 0 Å². The Labute approximate surface area is 88.8 Å². The number of ketones is 1. The fourth-order valence-electron chi connectivity index (χ4n) is 2.79. The van der Waals surface area contributed by atoms with Crippen LogP contribution in [-0.2, 0) is 11.8 Å². The molecule has 1 saturated carbocycles. The summed E-state index contributed by atoms with van der Waals surface area (Å²) in [5, 5.41) is 4.18.